The zero-order chi connectivity index (χ0) is 15.1. The predicted octanol–water partition coefficient (Wildman–Crippen LogP) is 3.51. The Labute approximate surface area is 128 Å². The molecule has 0 aliphatic rings. The van der Waals surface area contributed by atoms with Crippen LogP contribution in [0.4, 0.5) is 0 Å². The Kier molecular flexibility index (Phi) is 6.48. The van der Waals surface area contributed by atoms with Crippen LogP contribution in [0.5, 0.6) is 5.75 Å². The van der Waals surface area contributed by atoms with E-state index in [1.807, 2.05) is 6.92 Å². The Hall–Kier alpha value is -1.59. The molecule has 0 spiro atoms. The summed E-state index contributed by atoms with van der Waals surface area (Å²) >= 11 is 11.2. The van der Waals surface area contributed by atoms with Crippen molar-refractivity contribution in [1.82, 2.24) is 0 Å². The SMILES string of the molecule is CCC(=S)c1cc(Cl)ccc1OC(=COC)C(=O)OC. The molecule has 0 aromatic heterocycles. The van der Waals surface area contributed by atoms with Gasteiger partial charge in [-0.2, -0.15) is 0 Å². The van der Waals surface area contributed by atoms with Crippen molar-refractivity contribution in [2.75, 3.05) is 14.2 Å². The molecule has 0 saturated carbocycles. The molecule has 4 nitrogen and oxygen atoms in total. The predicted molar refractivity (Wildman–Crippen MR) is 81.2 cm³/mol. The minimum absolute atomic E-state index is 0.0718. The van der Waals surface area contributed by atoms with E-state index in [9.17, 15) is 4.79 Å². The zero-order valence-corrected chi connectivity index (χ0v) is 13.0. The molecular formula is C14H15ClO4S. The number of hydrogen-bond donors (Lipinski definition) is 0. The van der Waals surface area contributed by atoms with Gasteiger partial charge in [0.25, 0.3) is 0 Å². The van der Waals surface area contributed by atoms with Gasteiger partial charge < -0.3 is 14.2 Å². The fourth-order valence-electron chi connectivity index (χ4n) is 1.44. The van der Waals surface area contributed by atoms with Crippen LogP contribution in [0.25, 0.3) is 0 Å². The minimum atomic E-state index is -0.643. The summed E-state index contributed by atoms with van der Waals surface area (Å²) in [6.45, 7) is 1.93. The van der Waals surface area contributed by atoms with Gasteiger partial charge in [-0.15, -0.1) is 0 Å². The number of esters is 1. The maximum atomic E-state index is 11.6. The molecule has 108 valence electrons. The van der Waals surface area contributed by atoms with Crippen LogP contribution in [0, 0.1) is 0 Å². The molecule has 6 heteroatoms. The summed E-state index contributed by atoms with van der Waals surface area (Å²) in [6, 6.07) is 5.00. The van der Waals surface area contributed by atoms with Crippen molar-refractivity contribution < 1.29 is 19.0 Å². The Morgan fingerprint density at radius 2 is 2.10 bits per heavy atom. The summed E-state index contributed by atoms with van der Waals surface area (Å²) in [5.74, 6) is -0.289. The average molecular weight is 315 g/mol. The second-order valence-electron chi connectivity index (χ2n) is 3.73. The quantitative estimate of drug-likeness (QED) is 0.264. The molecular weight excluding hydrogens is 300 g/mol. The average Bonchev–Trinajstić information content (AvgIpc) is 2.46. The van der Waals surface area contributed by atoms with Gasteiger partial charge in [0.2, 0.25) is 5.76 Å². The zero-order valence-electron chi connectivity index (χ0n) is 11.4. The Morgan fingerprint density at radius 1 is 1.40 bits per heavy atom. The normalized spacial score (nSPS) is 10.9. The second kappa shape index (κ2) is 7.87. The molecule has 0 unspecified atom stereocenters. The van der Waals surface area contributed by atoms with Crippen LogP contribution in [-0.4, -0.2) is 25.1 Å². The lowest BCUT2D eigenvalue weighted by Gasteiger charge is -2.12. The van der Waals surface area contributed by atoms with Gasteiger partial charge in [0.15, 0.2) is 0 Å². The molecule has 0 fully saturated rings. The lowest BCUT2D eigenvalue weighted by molar-refractivity contribution is -0.138. The highest BCUT2D eigenvalue weighted by Crippen LogP contribution is 2.26. The van der Waals surface area contributed by atoms with E-state index in [1.165, 1.54) is 20.5 Å². The van der Waals surface area contributed by atoms with E-state index >= 15 is 0 Å². The Morgan fingerprint density at radius 3 is 2.65 bits per heavy atom. The molecule has 0 radical (unpaired) electrons. The van der Waals surface area contributed by atoms with Crippen LogP contribution in [0.3, 0.4) is 0 Å². The maximum Gasteiger partial charge on any atom is 0.377 e. The van der Waals surface area contributed by atoms with Crippen molar-refractivity contribution in [3.8, 4) is 5.75 Å². The molecule has 0 saturated heterocycles. The number of halogens is 1. The van der Waals surface area contributed by atoms with Gasteiger partial charge in [-0.3, -0.25) is 0 Å². The molecule has 0 bridgehead atoms. The molecule has 20 heavy (non-hydrogen) atoms. The van der Waals surface area contributed by atoms with Gasteiger partial charge in [0.05, 0.1) is 14.2 Å². The molecule has 0 aliphatic heterocycles. The Balaban J connectivity index is 3.16. The van der Waals surface area contributed by atoms with E-state index in [2.05, 4.69) is 4.74 Å². The fourth-order valence-corrected chi connectivity index (χ4v) is 1.77. The first-order valence-corrected chi connectivity index (χ1v) is 6.64. The van der Waals surface area contributed by atoms with Crippen molar-refractivity contribution in [1.29, 1.82) is 0 Å². The first-order chi connectivity index (χ1) is 9.53. The standard InChI is InChI=1S/C14H15ClO4S/c1-4-13(20)10-7-9(15)5-6-11(10)19-12(8-17-2)14(16)18-3/h5-8H,4H2,1-3H3. The van der Waals surface area contributed by atoms with Crippen LogP contribution in [0.1, 0.15) is 18.9 Å². The highest BCUT2D eigenvalue weighted by atomic mass is 35.5. The smallest absolute Gasteiger partial charge is 0.377 e. The van der Waals surface area contributed by atoms with E-state index in [0.29, 0.717) is 27.6 Å². The fraction of sp³-hybridized carbons (Fsp3) is 0.286. The van der Waals surface area contributed by atoms with Crippen molar-refractivity contribution in [3.05, 3.63) is 40.8 Å². The van der Waals surface area contributed by atoms with Crippen LogP contribution < -0.4 is 4.74 Å². The van der Waals surface area contributed by atoms with Gasteiger partial charge in [0.1, 0.15) is 12.0 Å². The lowest BCUT2D eigenvalue weighted by Crippen LogP contribution is -2.12. The van der Waals surface area contributed by atoms with Gasteiger partial charge >= 0.3 is 5.97 Å². The lowest BCUT2D eigenvalue weighted by atomic mass is 10.1. The van der Waals surface area contributed by atoms with Crippen LogP contribution in [-0.2, 0) is 14.3 Å². The number of ether oxygens (including phenoxy) is 3. The number of carbonyl (C=O) groups excluding carboxylic acids is 1. The number of benzene rings is 1. The largest absolute Gasteiger partial charge is 0.500 e. The van der Waals surface area contributed by atoms with E-state index < -0.39 is 5.97 Å². The molecule has 1 aromatic rings. The molecule has 1 aromatic carbocycles. The summed E-state index contributed by atoms with van der Waals surface area (Å²) in [7, 11) is 2.67. The summed E-state index contributed by atoms with van der Waals surface area (Å²) in [5.41, 5.74) is 0.668. The van der Waals surface area contributed by atoms with Gasteiger partial charge in [-0.25, -0.2) is 4.79 Å². The minimum Gasteiger partial charge on any atom is -0.500 e. The van der Waals surface area contributed by atoms with Gasteiger partial charge in [-0.05, 0) is 24.6 Å². The third-order valence-corrected chi connectivity index (χ3v) is 3.14. The van der Waals surface area contributed by atoms with E-state index in [0.717, 1.165) is 0 Å². The molecule has 0 atom stereocenters. The summed E-state index contributed by atoms with van der Waals surface area (Å²) in [6.07, 6.45) is 1.83. The molecule has 0 aliphatic carbocycles. The van der Waals surface area contributed by atoms with Crippen LogP contribution >= 0.6 is 23.8 Å². The van der Waals surface area contributed by atoms with Gasteiger partial charge in [-0.1, -0.05) is 30.7 Å². The van der Waals surface area contributed by atoms with Crippen molar-refractivity contribution in [2.24, 2.45) is 0 Å². The third kappa shape index (κ3) is 4.21. The molecule has 0 heterocycles. The third-order valence-electron chi connectivity index (χ3n) is 2.39. The van der Waals surface area contributed by atoms with Crippen molar-refractivity contribution in [2.45, 2.75) is 13.3 Å². The Bertz CT molecular complexity index is 540. The second-order valence-corrected chi connectivity index (χ2v) is 4.66. The highest BCUT2D eigenvalue weighted by Gasteiger charge is 2.17. The van der Waals surface area contributed by atoms with E-state index in [4.69, 9.17) is 33.3 Å². The molecule has 0 amide bonds. The van der Waals surface area contributed by atoms with Crippen molar-refractivity contribution >= 4 is 34.7 Å². The topological polar surface area (TPSA) is 44.8 Å². The first-order valence-electron chi connectivity index (χ1n) is 5.85. The van der Waals surface area contributed by atoms with E-state index in [1.54, 1.807) is 18.2 Å². The molecule has 0 N–H and O–H groups in total. The van der Waals surface area contributed by atoms with Crippen LogP contribution in [0.2, 0.25) is 5.02 Å². The van der Waals surface area contributed by atoms with Crippen LogP contribution in [0.15, 0.2) is 30.2 Å². The summed E-state index contributed by atoms with van der Waals surface area (Å²) in [4.78, 5) is 12.3. The summed E-state index contributed by atoms with van der Waals surface area (Å²) in [5, 5.41) is 0.540. The van der Waals surface area contributed by atoms with Crippen molar-refractivity contribution in [3.63, 3.8) is 0 Å². The monoisotopic (exact) mass is 314 g/mol. The highest BCUT2D eigenvalue weighted by molar-refractivity contribution is 7.80. The number of carbonyl (C=O) groups is 1. The maximum absolute atomic E-state index is 11.6. The van der Waals surface area contributed by atoms with Gasteiger partial charge in [0, 0.05) is 15.5 Å². The molecule has 1 rings (SSSR count). The number of methoxy groups -OCH3 is 2. The number of rotatable bonds is 6. The summed E-state index contributed by atoms with van der Waals surface area (Å²) < 4.78 is 15.0. The number of thiocarbonyl (C=S) groups is 1. The van der Waals surface area contributed by atoms with E-state index in [-0.39, 0.29) is 5.76 Å². The number of hydrogen-bond acceptors (Lipinski definition) is 5. The first kappa shape index (κ1) is 16.5.